The second-order valence-corrected chi connectivity index (χ2v) is 7.66. The summed E-state index contributed by atoms with van der Waals surface area (Å²) in [5, 5.41) is 2.95. The maximum atomic E-state index is 12.7. The summed E-state index contributed by atoms with van der Waals surface area (Å²) in [6.45, 7) is 4.11. The molecular formula is C22H25NO3S. The molecule has 0 aliphatic carbocycles. The molecule has 27 heavy (non-hydrogen) atoms. The lowest BCUT2D eigenvalue weighted by Crippen LogP contribution is -2.14. The number of ether oxygens (including phenoxy) is 1. The van der Waals surface area contributed by atoms with Crippen molar-refractivity contribution in [2.45, 2.75) is 44.4 Å². The van der Waals surface area contributed by atoms with E-state index in [9.17, 15) is 9.59 Å². The van der Waals surface area contributed by atoms with E-state index in [1.807, 2.05) is 36.9 Å². The summed E-state index contributed by atoms with van der Waals surface area (Å²) in [6.07, 6.45) is 4.19. The van der Waals surface area contributed by atoms with Gasteiger partial charge in [-0.05, 0) is 79.8 Å². The molecule has 1 N–H and O–H groups in total. The Morgan fingerprint density at radius 2 is 1.96 bits per heavy atom. The zero-order valence-corrected chi connectivity index (χ0v) is 16.7. The highest BCUT2D eigenvalue weighted by atomic mass is 32.2. The fraction of sp³-hybridized carbons (Fsp3) is 0.364. The summed E-state index contributed by atoms with van der Waals surface area (Å²) >= 11 is 1.83. The van der Waals surface area contributed by atoms with Gasteiger partial charge in [0, 0.05) is 16.1 Å². The van der Waals surface area contributed by atoms with Crippen LogP contribution in [0.15, 0.2) is 41.3 Å². The largest absolute Gasteiger partial charge is 0.462 e. The first-order valence-electron chi connectivity index (χ1n) is 9.49. The van der Waals surface area contributed by atoms with Crippen molar-refractivity contribution in [1.29, 1.82) is 0 Å². The van der Waals surface area contributed by atoms with Crippen LogP contribution in [0.1, 0.15) is 58.5 Å². The summed E-state index contributed by atoms with van der Waals surface area (Å²) in [6, 6.07) is 11.3. The molecule has 5 heteroatoms. The van der Waals surface area contributed by atoms with E-state index < -0.39 is 0 Å². The zero-order valence-electron chi connectivity index (χ0n) is 15.8. The van der Waals surface area contributed by atoms with E-state index in [-0.39, 0.29) is 11.9 Å². The van der Waals surface area contributed by atoms with Gasteiger partial charge in [0.05, 0.1) is 12.2 Å². The van der Waals surface area contributed by atoms with Crippen LogP contribution in [-0.2, 0) is 17.6 Å². The lowest BCUT2D eigenvalue weighted by atomic mass is 10.0. The maximum absolute atomic E-state index is 12.7. The molecule has 0 saturated carbocycles. The van der Waals surface area contributed by atoms with Gasteiger partial charge in [0.25, 0.3) is 5.91 Å². The molecule has 2 aromatic rings. The molecule has 3 rings (SSSR count). The summed E-state index contributed by atoms with van der Waals surface area (Å²) in [5.41, 5.74) is 4.10. The Bertz CT molecular complexity index is 847. The Hall–Kier alpha value is -2.27. The Kier molecular flexibility index (Phi) is 6.56. The quantitative estimate of drug-likeness (QED) is 0.729. The normalized spacial score (nSPS) is 13.4. The van der Waals surface area contributed by atoms with Crippen LogP contribution in [0.5, 0.6) is 0 Å². The lowest BCUT2D eigenvalue weighted by molar-refractivity contribution is 0.0525. The van der Waals surface area contributed by atoms with E-state index >= 15 is 0 Å². The first kappa shape index (κ1) is 19.5. The number of hydrogen-bond acceptors (Lipinski definition) is 4. The van der Waals surface area contributed by atoms with Gasteiger partial charge < -0.3 is 10.1 Å². The highest BCUT2D eigenvalue weighted by Gasteiger charge is 2.15. The van der Waals surface area contributed by atoms with Gasteiger partial charge in [0.15, 0.2) is 0 Å². The fourth-order valence-corrected chi connectivity index (χ4v) is 4.35. The number of nitrogens with one attached hydrogen (secondary N) is 1. The van der Waals surface area contributed by atoms with Crippen molar-refractivity contribution in [3.05, 3.63) is 58.7 Å². The molecule has 0 aromatic heterocycles. The van der Waals surface area contributed by atoms with Gasteiger partial charge >= 0.3 is 5.97 Å². The van der Waals surface area contributed by atoms with Gasteiger partial charge in [-0.15, -0.1) is 11.8 Å². The number of fused-ring (bicyclic) bond motifs is 1. The first-order chi connectivity index (χ1) is 13.1. The number of esters is 1. The second kappa shape index (κ2) is 9.09. The predicted octanol–water partition coefficient (Wildman–Crippen LogP) is 5.11. The van der Waals surface area contributed by atoms with E-state index in [1.54, 1.807) is 19.1 Å². The number of amides is 1. The van der Waals surface area contributed by atoms with Crippen LogP contribution in [-0.4, -0.2) is 24.2 Å². The van der Waals surface area contributed by atoms with Gasteiger partial charge in [-0.1, -0.05) is 13.0 Å². The average molecular weight is 384 g/mol. The molecule has 142 valence electrons. The number of aryl methyl sites for hydroxylation is 2. The van der Waals surface area contributed by atoms with Gasteiger partial charge in [-0.3, -0.25) is 4.79 Å². The van der Waals surface area contributed by atoms with E-state index in [1.165, 1.54) is 23.3 Å². The van der Waals surface area contributed by atoms with Crippen LogP contribution in [0.2, 0.25) is 0 Å². The Morgan fingerprint density at radius 3 is 2.74 bits per heavy atom. The van der Waals surface area contributed by atoms with Crippen molar-refractivity contribution >= 4 is 29.3 Å². The first-order valence-corrected chi connectivity index (χ1v) is 10.5. The minimum absolute atomic E-state index is 0.131. The zero-order chi connectivity index (χ0) is 19.2. The van der Waals surface area contributed by atoms with Gasteiger partial charge in [-0.2, -0.15) is 0 Å². The molecule has 0 atom stereocenters. The highest BCUT2D eigenvalue weighted by Crippen LogP contribution is 2.30. The molecule has 1 amide bonds. The monoisotopic (exact) mass is 383 g/mol. The van der Waals surface area contributed by atoms with Crippen LogP contribution in [0.3, 0.4) is 0 Å². The molecule has 0 bridgehead atoms. The number of hydrogen-bond donors (Lipinski definition) is 1. The van der Waals surface area contributed by atoms with Crippen molar-refractivity contribution in [1.82, 2.24) is 0 Å². The van der Waals surface area contributed by atoms with Crippen LogP contribution in [0, 0.1) is 0 Å². The Morgan fingerprint density at radius 1 is 1.11 bits per heavy atom. The number of benzene rings is 2. The van der Waals surface area contributed by atoms with E-state index in [0.717, 1.165) is 17.7 Å². The summed E-state index contributed by atoms with van der Waals surface area (Å²) in [5.74, 6) is 0.649. The molecule has 1 heterocycles. The van der Waals surface area contributed by atoms with Gasteiger partial charge in [-0.25, -0.2) is 4.79 Å². The molecule has 0 saturated heterocycles. The van der Waals surface area contributed by atoms with Gasteiger partial charge in [0.1, 0.15) is 0 Å². The van der Waals surface area contributed by atoms with E-state index in [0.29, 0.717) is 29.8 Å². The molecule has 0 unspecified atom stereocenters. The standard InChI is InChI=1S/C22H25NO3S/c1-3-15-13-18(10-11-19(15)22(25)26-4-2)23-21(24)17-9-8-16-7-5-6-12-27-20(16)14-17/h8-11,13-14H,3-7,12H2,1-2H3,(H,23,24). The summed E-state index contributed by atoms with van der Waals surface area (Å²) in [4.78, 5) is 25.9. The van der Waals surface area contributed by atoms with Crippen molar-refractivity contribution in [2.24, 2.45) is 0 Å². The third-order valence-electron chi connectivity index (χ3n) is 4.67. The summed E-state index contributed by atoms with van der Waals surface area (Å²) in [7, 11) is 0. The van der Waals surface area contributed by atoms with E-state index in [4.69, 9.17) is 4.74 Å². The van der Waals surface area contributed by atoms with Crippen LogP contribution in [0.25, 0.3) is 0 Å². The highest BCUT2D eigenvalue weighted by molar-refractivity contribution is 7.99. The second-order valence-electron chi connectivity index (χ2n) is 6.53. The molecule has 0 fully saturated rings. The molecule has 2 aromatic carbocycles. The Labute approximate surface area is 164 Å². The topological polar surface area (TPSA) is 55.4 Å². The van der Waals surface area contributed by atoms with Crippen LogP contribution >= 0.6 is 11.8 Å². The maximum Gasteiger partial charge on any atom is 0.338 e. The number of anilines is 1. The number of carbonyl (C=O) groups excluding carboxylic acids is 2. The van der Waals surface area contributed by atoms with Crippen molar-refractivity contribution in [3.8, 4) is 0 Å². The van der Waals surface area contributed by atoms with Crippen molar-refractivity contribution < 1.29 is 14.3 Å². The predicted molar refractivity (Wildman–Crippen MR) is 110 cm³/mol. The third kappa shape index (κ3) is 4.72. The fourth-order valence-electron chi connectivity index (χ4n) is 3.21. The average Bonchev–Trinajstić information content (AvgIpc) is 2.92. The molecule has 1 aliphatic rings. The molecular weight excluding hydrogens is 358 g/mol. The molecule has 1 aliphatic heterocycles. The molecule has 0 spiro atoms. The third-order valence-corrected chi connectivity index (χ3v) is 5.85. The minimum atomic E-state index is -0.324. The van der Waals surface area contributed by atoms with Crippen molar-refractivity contribution in [3.63, 3.8) is 0 Å². The number of rotatable bonds is 5. The minimum Gasteiger partial charge on any atom is -0.462 e. The van der Waals surface area contributed by atoms with Crippen LogP contribution in [0.4, 0.5) is 5.69 Å². The lowest BCUT2D eigenvalue weighted by Gasteiger charge is -2.12. The van der Waals surface area contributed by atoms with Crippen molar-refractivity contribution in [2.75, 3.05) is 17.7 Å². The smallest absolute Gasteiger partial charge is 0.338 e. The van der Waals surface area contributed by atoms with Crippen LogP contribution < -0.4 is 5.32 Å². The SMILES string of the molecule is CCOC(=O)c1ccc(NC(=O)c2ccc3c(c2)SCCCC3)cc1CC. The number of carbonyl (C=O) groups is 2. The van der Waals surface area contributed by atoms with E-state index in [2.05, 4.69) is 11.4 Å². The molecule has 0 radical (unpaired) electrons. The number of thioether (sulfide) groups is 1. The van der Waals surface area contributed by atoms with Gasteiger partial charge in [0.2, 0.25) is 0 Å². The Balaban J connectivity index is 1.78. The molecule has 4 nitrogen and oxygen atoms in total. The summed E-state index contributed by atoms with van der Waals surface area (Å²) < 4.78 is 5.10.